The van der Waals surface area contributed by atoms with E-state index < -0.39 is 102 Å². The summed E-state index contributed by atoms with van der Waals surface area (Å²) in [7, 11) is -10.9. The Morgan fingerprint density at radius 1 is 0.977 bits per heavy atom. The molecule has 44 heavy (non-hydrogen) atoms. The summed E-state index contributed by atoms with van der Waals surface area (Å²) < 4.78 is 54.1. The molecule has 4 rings (SSSR count). The highest BCUT2D eigenvalue weighted by Crippen LogP contribution is 2.60. The molecule has 2 aromatic rings. The van der Waals surface area contributed by atoms with Gasteiger partial charge in [0.2, 0.25) is 0 Å². The van der Waals surface area contributed by atoms with E-state index >= 15 is 0 Å². The topological polar surface area (TPSA) is 355 Å². The number of ether oxygens (including phenoxy) is 3. The number of esters is 1. The molecule has 11 atom stereocenters. The Labute approximate surface area is 244 Å². The molecule has 0 bridgehead atoms. The number of anilines is 1. The van der Waals surface area contributed by atoms with Crippen LogP contribution in [0.25, 0.3) is 11.2 Å². The molecule has 25 heteroatoms. The van der Waals surface area contributed by atoms with Gasteiger partial charge in [-0.25, -0.2) is 28.9 Å². The highest BCUT2D eigenvalue weighted by atomic mass is 31.3. The quantitative estimate of drug-likeness (QED) is 0.0723. The molecule has 0 saturated carbocycles. The van der Waals surface area contributed by atoms with Gasteiger partial charge < -0.3 is 60.4 Å². The van der Waals surface area contributed by atoms with Crippen LogP contribution in [-0.4, -0.2) is 134 Å². The number of nitrogen functional groups attached to an aromatic ring is 1. The number of carboxylic acids is 1. The minimum Gasteiger partial charge on any atom is -0.481 e. The first kappa shape index (κ1) is 34.1. The summed E-state index contributed by atoms with van der Waals surface area (Å²) in [4.78, 5) is 53.9. The maximum Gasteiger partial charge on any atom is 0.481 e. The van der Waals surface area contributed by atoms with Crippen molar-refractivity contribution >= 4 is 44.6 Å². The zero-order valence-electron chi connectivity index (χ0n) is 21.9. The number of fused-ring (bicyclic) bond motifs is 1. The van der Waals surface area contributed by atoms with Gasteiger partial charge in [-0.05, 0) is 0 Å². The highest BCUT2D eigenvalue weighted by Gasteiger charge is 2.49. The van der Waals surface area contributed by atoms with Crippen LogP contribution in [0.5, 0.6) is 0 Å². The third kappa shape index (κ3) is 7.73. The van der Waals surface area contributed by atoms with Crippen molar-refractivity contribution in [2.24, 2.45) is 0 Å². The average molecular weight is 675 g/mol. The van der Waals surface area contributed by atoms with Gasteiger partial charge in [0.05, 0.1) is 26.0 Å². The second-order valence-electron chi connectivity index (χ2n) is 9.31. The minimum atomic E-state index is -5.48. The van der Waals surface area contributed by atoms with Crippen LogP contribution < -0.4 is 5.73 Å². The molecule has 246 valence electrons. The van der Waals surface area contributed by atoms with E-state index in [4.69, 9.17) is 20.3 Å². The molecule has 4 heterocycles. The lowest BCUT2D eigenvalue weighted by Gasteiger charge is -2.21. The number of hydrogen-bond acceptors (Lipinski definition) is 19. The standard InChI is InChI=1S/C19H27N5O18P2/c20-15-10-16(22-4-21-15)24(5-23-10)17-13(30)11(28)7(39-17)2-37-43(33,34)42-44(35,36)38-3-8-12(29)14(19(32)40-8)41-18(31)6(25)1-9(26)27/h4-8,11-14,17,19,25,28-30,32H,1-3H2,(H,26,27)(H,33,34)(H,35,36)(H2,20,21,22)/t6-,7-,8+,11-,12+,13-,14+,17-,19?/m1/s1. The molecular weight excluding hydrogens is 648 g/mol. The number of rotatable bonds is 13. The van der Waals surface area contributed by atoms with Crippen LogP contribution in [0.3, 0.4) is 0 Å². The van der Waals surface area contributed by atoms with Crippen LogP contribution in [0.2, 0.25) is 0 Å². The Hall–Kier alpha value is -2.73. The lowest BCUT2D eigenvalue weighted by molar-refractivity contribution is -0.182. The minimum absolute atomic E-state index is 0.0249. The normalized spacial score (nSPS) is 32.2. The van der Waals surface area contributed by atoms with E-state index in [9.17, 15) is 54.0 Å². The van der Waals surface area contributed by atoms with Gasteiger partial charge in [-0.3, -0.25) is 18.4 Å². The van der Waals surface area contributed by atoms with E-state index in [1.54, 1.807) is 0 Å². The summed E-state index contributed by atoms with van der Waals surface area (Å²) in [6.07, 6.45) is -14.6. The van der Waals surface area contributed by atoms with Crippen LogP contribution in [0.1, 0.15) is 12.6 Å². The second kappa shape index (κ2) is 13.3. The summed E-state index contributed by atoms with van der Waals surface area (Å²) in [5.41, 5.74) is 6.02. The highest BCUT2D eigenvalue weighted by molar-refractivity contribution is 7.61. The van der Waals surface area contributed by atoms with E-state index in [0.29, 0.717) is 0 Å². The number of aliphatic hydroxyl groups excluding tert-OH is 5. The summed E-state index contributed by atoms with van der Waals surface area (Å²) in [5, 5.41) is 59.0. The van der Waals surface area contributed by atoms with Gasteiger partial charge in [0.1, 0.15) is 42.4 Å². The summed E-state index contributed by atoms with van der Waals surface area (Å²) in [6.45, 7) is -2.05. The number of carbonyl (C=O) groups is 2. The van der Waals surface area contributed by atoms with Crippen molar-refractivity contribution in [2.45, 2.75) is 61.7 Å². The van der Waals surface area contributed by atoms with E-state index in [2.05, 4.69) is 33.0 Å². The number of nitrogens with two attached hydrogens (primary N) is 1. The lowest BCUT2D eigenvalue weighted by Crippen LogP contribution is -2.40. The van der Waals surface area contributed by atoms with Crippen LogP contribution in [0.4, 0.5) is 5.82 Å². The maximum atomic E-state index is 12.3. The number of hydrogen-bond donors (Lipinski definition) is 9. The molecular formula is C19H27N5O18P2. The van der Waals surface area contributed by atoms with Gasteiger partial charge >= 0.3 is 27.6 Å². The first-order valence-electron chi connectivity index (χ1n) is 12.2. The Balaban J connectivity index is 1.29. The van der Waals surface area contributed by atoms with Gasteiger partial charge in [-0.2, -0.15) is 4.31 Å². The number of phosphoric acid groups is 2. The second-order valence-corrected chi connectivity index (χ2v) is 12.4. The van der Waals surface area contributed by atoms with Crippen molar-refractivity contribution in [3.05, 3.63) is 12.7 Å². The molecule has 2 saturated heterocycles. The number of carbonyl (C=O) groups excluding carboxylic acids is 1. The van der Waals surface area contributed by atoms with Crippen molar-refractivity contribution in [2.75, 3.05) is 18.9 Å². The Bertz CT molecular complexity index is 1460. The molecule has 2 aliphatic rings. The molecule has 0 amide bonds. The number of carboxylic acid groups (broad SMARTS) is 1. The molecule has 0 spiro atoms. The number of aromatic nitrogens is 4. The SMILES string of the molecule is Nc1ncnc2c1ncn2[C@@H]1O[C@H](COP(=O)(O)OP(=O)(O)OC[C@@H]2OC(O)[C@@H](OC(=O)[C@H](O)CC(=O)O)[C@H]2O)[C@@H](O)[C@H]1O. The van der Waals surface area contributed by atoms with E-state index in [0.717, 1.165) is 6.33 Å². The van der Waals surface area contributed by atoms with Gasteiger partial charge in [-0.1, -0.05) is 0 Å². The van der Waals surface area contributed by atoms with Crippen molar-refractivity contribution in [3.8, 4) is 0 Å². The number of phosphoric ester groups is 2. The molecule has 2 aliphatic heterocycles. The third-order valence-electron chi connectivity index (χ3n) is 6.21. The van der Waals surface area contributed by atoms with E-state index in [1.807, 2.05) is 0 Å². The summed E-state index contributed by atoms with van der Waals surface area (Å²) >= 11 is 0. The zero-order chi connectivity index (χ0) is 32.6. The number of aliphatic carboxylic acids is 1. The van der Waals surface area contributed by atoms with Crippen molar-refractivity contribution < 1.29 is 86.7 Å². The fourth-order valence-electron chi connectivity index (χ4n) is 4.11. The maximum absolute atomic E-state index is 12.3. The molecule has 2 aromatic heterocycles. The third-order valence-corrected chi connectivity index (χ3v) is 8.82. The van der Waals surface area contributed by atoms with Gasteiger partial charge in [-0.15, -0.1) is 0 Å². The number of imidazole rings is 1. The van der Waals surface area contributed by atoms with Crippen LogP contribution in [0.15, 0.2) is 12.7 Å². The van der Waals surface area contributed by atoms with Crippen molar-refractivity contribution in [3.63, 3.8) is 0 Å². The first-order valence-corrected chi connectivity index (χ1v) is 15.2. The lowest BCUT2D eigenvalue weighted by atomic mass is 10.1. The van der Waals surface area contributed by atoms with Crippen molar-refractivity contribution in [1.29, 1.82) is 0 Å². The molecule has 0 radical (unpaired) electrons. The largest absolute Gasteiger partial charge is 0.481 e. The van der Waals surface area contributed by atoms with E-state index in [-0.39, 0.29) is 17.0 Å². The molecule has 2 fully saturated rings. The molecule has 0 aliphatic carbocycles. The zero-order valence-corrected chi connectivity index (χ0v) is 23.7. The monoisotopic (exact) mass is 675 g/mol. The Morgan fingerprint density at radius 3 is 2.20 bits per heavy atom. The van der Waals surface area contributed by atoms with Crippen LogP contribution in [-0.2, 0) is 46.3 Å². The first-order chi connectivity index (χ1) is 20.5. The smallest absolute Gasteiger partial charge is 0.481 e. The predicted molar refractivity (Wildman–Crippen MR) is 133 cm³/mol. The molecule has 0 aromatic carbocycles. The molecule has 23 nitrogen and oxygen atoms in total. The molecule has 10 N–H and O–H groups in total. The van der Waals surface area contributed by atoms with Crippen LogP contribution in [0, 0.1) is 0 Å². The summed E-state index contributed by atoms with van der Waals surface area (Å²) in [5.74, 6) is -3.05. The Morgan fingerprint density at radius 2 is 1.59 bits per heavy atom. The Kier molecular flexibility index (Phi) is 10.3. The predicted octanol–water partition coefficient (Wildman–Crippen LogP) is -3.90. The van der Waals surface area contributed by atoms with Gasteiger partial charge in [0, 0.05) is 0 Å². The fraction of sp³-hybridized carbons (Fsp3) is 0.632. The molecule has 3 unspecified atom stereocenters. The number of aliphatic hydroxyl groups is 5. The number of nitrogens with zero attached hydrogens (tertiary/aromatic N) is 4. The summed E-state index contributed by atoms with van der Waals surface area (Å²) in [6, 6.07) is 0. The van der Waals surface area contributed by atoms with Gasteiger partial charge in [0.15, 0.2) is 36.2 Å². The average Bonchev–Trinajstić information content (AvgIpc) is 3.56. The fourth-order valence-corrected chi connectivity index (χ4v) is 6.20. The van der Waals surface area contributed by atoms with Crippen LogP contribution >= 0.6 is 15.6 Å². The van der Waals surface area contributed by atoms with E-state index in [1.165, 1.54) is 10.9 Å². The van der Waals surface area contributed by atoms with Crippen molar-refractivity contribution in [1.82, 2.24) is 19.5 Å². The van der Waals surface area contributed by atoms with Gasteiger partial charge in [0.25, 0.3) is 0 Å².